The number of hydrogen-bond donors (Lipinski definition) is 3. The third-order valence-corrected chi connectivity index (χ3v) is 12.5. The lowest BCUT2D eigenvalue weighted by atomic mass is 9.63. The molecule has 13 heteroatoms. The van der Waals surface area contributed by atoms with Crippen molar-refractivity contribution in [1.29, 1.82) is 0 Å². The average molecular weight is 549 g/mol. The number of sulfonamides is 1. The SMILES string of the molecule is NC1CCCCC1CS(=O)(=O)N1CC=C(C2CCC3CC(O)C(N4CC(=O)NS4(=O)=O)C(F)C3C2)C1. The van der Waals surface area contributed by atoms with E-state index in [1.54, 1.807) is 0 Å². The van der Waals surface area contributed by atoms with Crippen molar-refractivity contribution >= 4 is 26.1 Å². The predicted octanol–water partition coefficient (Wildman–Crippen LogP) is 0.256. The van der Waals surface area contributed by atoms with Gasteiger partial charge in [0, 0.05) is 19.1 Å². The van der Waals surface area contributed by atoms with Gasteiger partial charge in [0.05, 0.1) is 24.4 Å². The summed E-state index contributed by atoms with van der Waals surface area (Å²) in [6, 6.07) is -1.39. The van der Waals surface area contributed by atoms with Crippen LogP contribution < -0.4 is 10.5 Å². The Kier molecular flexibility index (Phi) is 7.27. The van der Waals surface area contributed by atoms with Crippen LogP contribution >= 0.6 is 0 Å². The molecule has 4 fully saturated rings. The molecule has 0 bridgehead atoms. The van der Waals surface area contributed by atoms with Gasteiger partial charge in [-0.1, -0.05) is 24.5 Å². The van der Waals surface area contributed by atoms with Gasteiger partial charge in [-0.25, -0.2) is 17.5 Å². The number of nitrogens with one attached hydrogen (secondary N) is 1. The first-order chi connectivity index (χ1) is 17.0. The number of hydrogen-bond acceptors (Lipinski definition) is 7. The van der Waals surface area contributed by atoms with Gasteiger partial charge in [-0.2, -0.15) is 17.0 Å². The molecule has 0 radical (unpaired) electrons. The number of carbonyl (C=O) groups is 1. The summed E-state index contributed by atoms with van der Waals surface area (Å²) in [7, 11) is -7.63. The van der Waals surface area contributed by atoms with E-state index in [4.69, 9.17) is 5.73 Å². The number of alkyl halides is 1. The third-order valence-electron chi connectivity index (χ3n) is 9.13. The smallest absolute Gasteiger partial charge is 0.304 e. The number of halogens is 1. The van der Waals surface area contributed by atoms with Crippen LogP contribution in [0.2, 0.25) is 0 Å². The van der Waals surface area contributed by atoms with Crippen molar-refractivity contribution in [3.63, 3.8) is 0 Å². The van der Waals surface area contributed by atoms with E-state index in [1.807, 2.05) is 10.8 Å². The molecule has 10 nitrogen and oxygen atoms in total. The van der Waals surface area contributed by atoms with Gasteiger partial charge in [-0.05, 0) is 62.2 Å². The Balaban J connectivity index is 1.24. The summed E-state index contributed by atoms with van der Waals surface area (Å²) < 4.78 is 70.9. The highest BCUT2D eigenvalue weighted by Crippen LogP contribution is 2.48. The van der Waals surface area contributed by atoms with Gasteiger partial charge in [0.25, 0.3) is 0 Å². The normalized spacial score (nSPS) is 42.1. The summed E-state index contributed by atoms with van der Waals surface area (Å²) in [5.74, 6) is -1.23. The monoisotopic (exact) mass is 548 g/mol. The van der Waals surface area contributed by atoms with Gasteiger partial charge in [0.2, 0.25) is 15.9 Å². The van der Waals surface area contributed by atoms with Crippen LogP contribution in [0, 0.1) is 23.7 Å². The Hall–Kier alpha value is -1.12. The average Bonchev–Trinajstić information content (AvgIpc) is 3.40. The summed E-state index contributed by atoms with van der Waals surface area (Å²) >= 11 is 0. The molecular formula is C23H37FN4O6S2. The van der Waals surface area contributed by atoms with Crippen LogP contribution in [-0.2, 0) is 25.0 Å². The molecule has 3 aliphatic carbocycles. The number of carbonyl (C=O) groups excluding carboxylic acids is 1. The van der Waals surface area contributed by atoms with E-state index < -0.39 is 56.9 Å². The minimum atomic E-state index is -4.17. The molecule has 2 aliphatic heterocycles. The summed E-state index contributed by atoms with van der Waals surface area (Å²) in [6.45, 7) is 0.118. The number of rotatable bonds is 5. The molecular weight excluding hydrogens is 511 g/mol. The van der Waals surface area contributed by atoms with Crippen molar-refractivity contribution in [3.8, 4) is 0 Å². The van der Waals surface area contributed by atoms with Gasteiger partial charge in [0.1, 0.15) is 6.17 Å². The van der Waals surface area contributed by atoms with E-state index in [0.29, 0.717) is 25.9 Å². The largest absolute Gasteiger partial charge is 0.391 e. The molecule has 5 aliphatic rings. The first-order valence-corrected chi connectivity index (χ1v) is 16.1. The molecule has 0 aromatic heterocycles. The van der Waals surface area contributed by atoms with Crippen molar-refractivity contribution in [3.05, 3.63) is 11.6 Å². The Morgan fingerprint density at radius 3 is 2.58 bits per heavy atom. The van der Waals surface area contributed by atoms with E-state index in [-0.39, 0.29) is 36.0 Å². The molecule has 1 amide bonds. The zero-order chi connectivity index (χ0) is 25.8. The van der Waals surface area contributed by atoms with Crippen molar-refractivity contribution in [2.75, 3.05) is 25.4 Å². The number of fused-ring (bicyclic) bond motifs is 1. The quantitative estimate of drug-likeness (QED) is 0.417. The number of aliphatic hydroxyl groups excluding tert-OH is 1. The molecule has 36 heavy (non-hydrogen) atoms. The van der Waals surface area contributed by atoms with Gasteiger partial charge in [-0.15, -0.1) is 0 Å². The lowest BCUT2D eigenvalue weighted by Gasteiger charge is -2.48. The number of aliphatic hydroxyl groups is 1. The number of nitrogens with zero attached hydrogens (tertiary/aromatic N) is 2. The first kappa shape index (κ1) is 26.5. The highest BCUT2D eigenvalue weighted by atomic mass is 32.2. The highest BCUT2D eigenvalue weighted by molar-refractivity contribution is 7.89. The van der Waals surface area contributed by atoms with Crippen LogP contribution in [0.25, 0.3) is 0 Å². The topological polar surface area (TPSA) is 150 Å². The first-order valence-electron chi connectivity index (χ1n) is 13.0. The van der Waals surface area contributed by atoms with E-state index in [9.17, 15) is 26.7 Å². The zero-order valence-electron chi connectivity index (χ0n) is 20.3. The molecule has 2 heterocycles. The second-order valence-electron chi connectivity index (χ2n) is 11.3. The lowest BCUT2D eigenvalue weighted by Crippen LogP contribution is -2.58. The second-order valence-corrected chi connectivity index (χ2v) is 14.9. The van der Waals surface area contributed by atoms with Crippen LogP contribution in [0.3, 0.4) is 0 Å². The van der Waals surface area contributed by atoms with Crippen LogP contribution in [0.4, 0.5) is 4.39 Å². The van der Waals surface area contributed by atoms with E-state index in [2.05, 4.69) is 0 Å². The Morgan fingerprint density at radius 2 is 1.89 bits per heavy atom. The van der Waals surface area contributed by atoms with Gasteiger partial charge < -0.3 is 10.8 Å². The zero-order valence-corrected chi connectivity index (χ0v) is 22.0. The second kappa shape index (κ2) is 9.88. The standard InChI is InChI=1S/C23H37FN4O6S2/c24-22-18-9-14(5-6-15(18)10-20(29)23(22)28-12-21(30)26-36(28,33)34)16-7-8-27(11-16)35(31,32)13-17-3-1-2-4-19(17)25/h7,14-15,17-20,22-23,29H,1-6,8-13,25H2,(H,26,30). The molecule has 0 aromatic rings. The molecule has 4 N–H and O–H groups in total. The highest BCUT2D eigenvalue weighted by Gasteiger charge is 2.54. The summed E-state index contributed by atoms with van der Waals surface area (Å²) in [6.07, 6.45) is 5.10. The van der Waals surface area contributed by atoms with E-state index in [0.717, 1.165) is 42.0 Å². The fourth-order valence-electron chi connectivity index (χ4n) is 7.16. The summed E-state index contributed by atoms with van der Waals surface area (Å²) in [5, 5.41) is 10.6. The minimum Gasteiger partial charge on any atom is -0.391 e. The molecule has 8 unspecified atom stereocenters. The minimum absolute atomic E-state index is 0.00692. The predicted molar refractivity (Wildman–Crippen MR) is 131 cm³/mol. The fourth-order valence-corrected chi connectivity index (χ4v) is 10.3. The van der Waals surface area contributed by atoms with Crippen molar-refractivity contribution in [2.45, 2.75) is 75.7 Å². The number of nitrogens with two attached hydrogens (primary N) is 1. The maximum atomic E-state index is 15.8. The molecule has 3 saturated carbocycles. The van der Waals surface area contributed by atoms with Crippen LogP contribution in [0.5, 0.6) is 0 Å². The molecule has 8 atom stereocenters. The van der Waals surface area contributed by atoms with Crippen molar-refractivity contribution in [1.82, 2.24) is 13.3 Å². The van der Waals surface area contributed by atoms with Gasteiger partial charge in [0.15, 0.2) is 0 Å². The third kappa shape index (κ3) is 4.98. The van der Waals surface area contributed by atoms with Crippen LogP contribution in [0.15, 0.2) is 11.6 Å². The van der Waals surface area contributed by atoms with Crippen LogP contribution in [-0.4, -0.2) is 86.2 Å². The van der Waals surface area contributed by atoms with Gasteiger partial charge >= 0.3 is 10.2 Å². The number of amides is 1. The maximum absolute atomic E-state index is 15.8. The molecule has 204 valence electrons. The summed E-state index contributed by atoms with van der Waals surface area (Å²) in [4.78, 5) is 11.7. The Bertz CT molecular complexity index is 1120. The van der Waals surface area contributed by atoms with E-state index >= 15 is 4.39 Å². The fraction of sp³-hybridized carbons (Fsp3) is 0.870. The molecule has 5 rings (SSSR count). The maximum Gasteiger partial charge on any atom is 0.304 e. The molecule has 1 saturated heterocycles. The summed E-state index contributed by atoms with van der Waals surface area (Å²) in [5.41, 5.74) is 7.17. The van der Waals surface area contributed by atoms with Gasteiger partial charge in [-0.3, -0.25) is 4.79 Å². The molecule has 0 spiro atoms. The van der Waals surface area contributed by atoms with Crippen LogP contribution in [0.1, 0.15) is 51.4 Å². The Labute approximate surface area is 212 Å². The van der Waals surface area contributed by atoms with E-state index in [1.165, 1.54) is 4.31 Å². The van der Waals surface area contributed by atoms with Crippen molar-refractivity contribution < 1.29 is 31.1 Å². The van der Waals surface area contributed by atoms with Crippen molar-refractivity contribution in [2.24, 2.45) is 29.4 Å². The Morgan fingerprint density at radius 1 is 1.14 bits per heavy atom. The lowest BCUT2D eigenvalue weighted by molar-refractivity contribution is -0.119. The molecule has 0 aromatic carbocycles.